The monoisotopic (exact) mass is 240 g/mol. The first kappa shape index (κ1) is 16.2. The van der Waals surface area contributed by atoms with Crippen LogP contribution < -0.4 is 0 Å². The molecule has 0 radical (unpaired) electrons. The second-order valence-corrected chi connectivity index (χ2v) is 3.78. The van der Waals surface area contributed by atoms with E-state index in [0.29, 0.717) is 13.2 Å². The summed E-state index contributed by atoms with van der Waals surface area (Å²) in [5.41, 5.74) is 0. The van der Waals surface area contributed by atoms with E-state index in [1.165, 1.54) is 0 Å². The number of hydrogen-bond acceptors (Lipinski definition) is 3. The van der Waals surface area contributed by atoms with Gasteiger partial charge in [0, 0.05) is 13.0 Å². The Morgan fingerprint density at radius 1 is 1.29 bits per heavy atom. The van der Waals surface area contributed by atoms with Crippen LogP contribution in [0.4, 0.5) is 0 Å². The Labute approximate surface area is 105 Å². The number of ether oxygens (including phenoxy) is 3. The fraction of sp³-hybridized carbons (Fsp3) is 0.714. The molecule has 0 saturated heterocycles. The molecule has 3 heteroatoms. The van der Waals surface area contributed by atoms with Crippen LogP contribution in [0.1, 0.15) is 26.7 Å². The number of rotatable bonds is 9. The van der Waals surface area contributed by atoms with Gasteiger partial charge in [0.1, 0.15) is 12.9 Å². The summed E-state index contributed by atoms with van der Waals surface area (Å²) in [6, 6.07) is 0. The summed E-state index contributed by atoms with van der Waals surface area (Å²) in [5, 5.41) is 0. The van der Waals surface area contributed by atoms with Crippen LogP contribution in [0.25, 0.3) is 0 Å². The molecule has 0 aromatic carbocycles. The van der Waals surface area contributed by atoms with Gasteiger partial charge in [-0.05, 0) is 13.3 Å². The molecule has 0 aliphatic heterocycles. The summed E-state index contributed by atoms with van der Waals surface area (Å²) in [7, 11) is 1.65. The van der Waals surface area contributed by atoms with Crippen molar-refractivity contribution in [2.24, 2.45) is 5.92 Å². The molecule has 0 aromatic heterocycles. The molecule has 0 N–H and O–H groups in total. The van der Waals surface area contributed by atoms with Gasteiger partial charge in [-0.1, -0.05) is 31.3 Å². The van der Waals surface area contributed by atoms with Crippen molar-refractivity contribution in [3.63, 3.8) is 0 Å². The first-order valence-corrected chi connectivity index (χ1v) is 6.06. The van der Waals surface area contributed by atoms with E-state index in [4.69, 9.17) is 14.2 Å². The predicted octanol–water partition coefficient (Wildman–Crippen LogP) is 2.62. The van der Waals surface area contributed by atoms with Gasteiger partial charge in [-0.25, -0.2) is 0 Å². The molecule has 98 valence electrons. The Hall–Kier alpha value is -0.820. The van der Waals surface area contributed by atoms with Gasteiger partial charge >= 0.3 is 0 Å². The Kier molecular flexibility index (Phi) is 11.1. The summed E-state index contributed by atoms with van der Waals surface area (Å²) < 4.78 is 15.7. The SMILES string of the molecule is C=C[C@@H](C)C#C[C@@H](CCC)OCOCCOC. The molecule has 0 amide bonds. The lowest BCUT2D eigenvalue weighted by atomic mass is 10.1. The normalized spacial score (nSPS) is 13.6. The van der Waals surface area contributed by atoms with Crippen molar-refractivity contribution in [1.82, 2.24) is 0 Å². The number of methoxy groups -OCH3 is 1. The minimum absolute atomic E-state index is 0.0510. The van der Waals surface area contributed by atoms with E-state index >= 15 is 0 Å². The Morgan fingerprint density at radius 2 is 2.06 bits per heavy atom. The minimum Gasteiger partial charge on any atom is -0.382 e. The van der Waals surface area contributed by atoms with Gasteiger partial charge in [0.15, 0.2) is 0 Å². The van der Waals surface area contributed by atoms with Crippen LogP contribution >= 0.6 is 0 Å². The van der Waals surface area contributed by atoms with Gasteiger partial charge in [0.05, 0.1) is 13.2 Å². The molecule has 0 aromatic rings. The molecule has 0 aliphatic carbocycles. The first-order chi connectivity index (χ1) is 8.24. The van der Waals surface area contributed by atoms with Crippen molar-refractivity contribution in [3.05, 3.63) is 12.7 Å². The van der Waals surface area contributed by atoms with Crippen LogP contribution in [0, 0.1) is 17.8 Å². The highest BCUT2D eigenvalue weighted by molar-refractivity contribution is 5.11. The lowest BCUT2D eigenvalue weighted by molar-refractivity contribution is -0.0839. The van der Waals surface area contributed by atoms with E-state index in [-0.39, 0.29) is 18.8 Å². The highest BCUT2D eigenvalue weighted by atomic mass is 16.7. The lowest BCUT2D eigenvalue weighted by Gasteiger charge is -2.11. The topological polar surface area (TPSA) is 27.7 Å². The zero-order valence-electron chi connectivity index (χ0n) is 11.2. The molecular formula is C14H24O3. The second-order valence-electron chi connectivity index (χ2n) is 3.78. The maximum absolute atomic E-state index is 5.54. The first-order valence-electron chi connectivity index (χ1n) is 6.06. The van der Waals surface area contributed by atoms with Gasteiger partial charge in [0.25, 0.3) is 0 Å². The van der Waals surface area contributed by atoms with Crippen LogP contribution in [0.2, 0.25) is 0 Å². The van der Waals surface area contributed by atoms with Crippen LogP contribution in [-0.4, -0.2) is 33.2 Å². The van der Waals surface area contributed by atoms with E-state index in [0.717, 1.165) is 12.8 Å². The van der Waals surface area contributed by atoms with E-state index in [2.05, 4.69) is 25.3 Å². The van der Waals surface area contributed by atoms with Crippen molar-refractivity contribution in [3.8, 4) is 11.8 Å². The van der Waals surface area contributed by atoms with Gasteiger partial charge in [0.2, 0.25) is 0 Å². The molecule has 0 spiro atoms. The van der Waals surface area contributed by atoms with Crippen LogP contribution in [-0.2, 0) is 14.2 Å². The zero-order valence-corrected chi connectivity index (χ0v) is 11.2. The average Bonchev–Trinajstić information content (AvgIpc) is 2.35. The average molecular weight is 240 g/mol. The van der Waals surface area contributed by atoms with Gasteiger partial charge < -0.3 is 14.2 Å². The molecule has 0 unspecified atom stereocenters. The lowest BCUT2D eigenvalue weighted by Crippen LogP contribution is -2.14. The quantitative estimate of drug-likeness (QED) is 0.268. The summed E-state index contributed by atoms with van der Waals surface area (Å²) >= 11 is 0. The molecule has 0 aliphatic rings. The maximum Gasteiger partial charge on any atom is 0.148 e. The Bertz CT molecular complexity index is 240. The number of hydrogen-bond donors (Lipinski definition) is 0. The molecule has 2 atom stereocenters. The molecule has 17 heavy (non-hydrogen) atoms. The van der Waals surface area contributed by atoms with E-state index in [1.807, 2.05) is 13.0 Å². The third kappa shape index (κ3) is 10.1. The molecule has 0 bridgehead atoms. The largest absolute Gasteiger partial charge is 0.382 e. The van der Waals surface area contributed by atoms with Crippen LogP contribution in [0.15, 0.2) is 12.7 Å². The summed E-state index contributed by atoms with van der Waals surface area (Å²) in [6.45, 7) is 9.22. The fourth-order valence-electron chi connectivity index (χ4n) is 1.07. The molecule has 0 fully saturated rings. The van der Waals surface area contributed by atoms with E-state index < -0.39 is 0 Å². The molecule has 0 saturated carbocycles. The number of allylic oxidation sites excluding steroid dienone is 1. The maximum atomic E-state index is 5.54. The van der Waals surface area contributed by atoms with Crippen LogP contribution in [0.5, 0.6) is 0 Å². The van der Waals surface area contributed by atoms with Crippen molar-refractivity contribution in [2.45, 2.75) is 32.8 Å². The minimum atomic E-state index is -0.0510. The third-order valence-electron chi connectivity index (χ3n) is 2.16. The highest BCUT2D eigenvalue weighted by Crippen LogP contribution is 2.02. The summed E-state index contributed by atoms with van der Waals surface area (Å²) in [4.78, 5) is 0. The zero-order chi connectivity index (χ0) is 12.9. The van der Waals surface area contributed by atoms with Crippen molar-refractivity contribution >= 4 is 0 Å². The highest BCUT2D eigenvalue weighted by Gasteiger charge is 2.03. The third-order valence-corrected chi connectivity index (χ3v) is 2.16. The van der Waals surface area contributed by atoms with Crippen molar-refractivity contribution < 1.29 is 14.2 Å². The van der Waals surface area contributed by atoms with E-state index in [1.54, 1.807) is 7.11 Å². The second kappa shape index (κ2) is 11.7. The Morgan fingerprint density at radius 3 is 2.65 bits per heavy atom. The summed E-state index contributed by atoms with van der Waals surface area (Å²) in [5.74, 6) is 6.40. The molecular weight excluding hydrogens is 216 g/mol. The fourth-order valence-corrected chi connectivity index (χ4v) is 1.07. The molecule has 0 heterocycles. The molecule has 3 nitrogen and oxygen atoms in total. The van der Waals surface area contributed by atoms with Gasteiger partial charge in [-0.15, -0.1) is 6.58 Å². The van der Waals surface area contributed by atoms with Crippen molar-refractivity contribution in [2.75, 3.05) is 27.1 Å². The predicted molar refractivity (Wildman–Crippen MR) is 69.6 cm³/mol. The van der Waals surface area contributed by atoms with Gasteiger partial charge in [-0.3, -0.25) is 0 Å². The smallest absolute Gasteiger partial charge is 0.148 e. The Balaban J connectivity index is 3.88. The standard InChI is InChI=1S/C14H24O3/c1-5-7-14(9-8-13(3)6-2)17-12-16-11-10-15-4/h6,13-14H,2,5,7,10-12H2,1,3-4H3/t13-,14-/m1/s1. The summed E-state index contributed by atoms with van der Waals surface area (Å²) in [6.07, 6.45) is 3.74. The van der Waals surface area contributed by atoms with E-state index in [9.17, 15) is 0 Å². The van der Waals surface area contributed by atoms with Crippen molar-refractivity contribution in [1.29, 1.82) is 0 Å². The molecule has 0 rings (SSSR count). The van der Waals surface area contributed by atoms with Crippen LogP contribution in [0.3, 0.4) is 0 Å². The van der Waals surface area contributed by atoms with Gasteiger partial charge in [-0.2, -0.15) is 0 Å².